The quantitative estimate of drug-likeness (QED) is 0.785. The lowest BCUT2D eigenvalue weighted by atomic mass is 10.1. The molecule has 1 saturated heterocycles. The summed E-state index contributed by atoms with van der Waals surface area (Å²) in [6.45, 7) is 6.79. The molecule has 1 heterocycles. The Morgan fingerprint density at radius 3 is 2.38 bits per heavy atom. The number of likely N-dealkylation sites (tertiary alicyclic amines) is 1. The molecule has 0 saturated carbocycles. The third kappa shape index (κ3) is 5.09. The van der Waals surface area contributed by atoms with Gasteiger partial charge in [0.15, 0.2) is 9.84 Å². The van der Waals surface area contributed by atoms with E-state index < -0.39 is 9.84 Å². The van der Waals surface area contributed by atoms with Gasteiger partial charge in [0.25, 0.3) is 0 Å². The molecule has 4 nitrogen and oxygen atoms in total. The smallest absolute Gasteiger partial charge is 0.175 e. The molecule has 1 atom stereocenters. The van der Waals surface area contributed by atoms with Crippen LogP contribution in [0.5, 0.6) is 0 Å². The summed E-state index contributed by atoms with van der Waals surface area (Å²) in [5.41, 5.74) is 1.13. The fourth-order valence-corrected chi connectivity index (χ4v) is 3.38. The monoisotopic (exact) mass is 310 g/mol. The summed E-state index contributed by atoms with van der Waals surface area (Å²) in [6, 6.07) is 7.42. The van der Waals surface area contributed by atoms with Gasteiger partial charge in [0, 0.05) is 12.3 Å². The Kier molecular flexibility index (Phi) is 5.79. The van der Waals surface area contributed by atoms with Crippen LogP contribution in [-0.4, -0.2) is 45.8 Å². The SMILES string of the molecule is CC(NCCCN1CCCC1)c1ccc(S(C)(=O)=O)cc1. The van der Waals surface area contributed by atoms with E-state index in [2.05, 4.69) is 17.1 Å². The van der Waals surface area contributed by atoms with Gasteiger partial charge >= 0.3 is 0 Å². The summed E-state index contributed by atoms with van der Waals surface area (Å²) in [4.78, 5) is 2.90. The molecule has 0 aromatic heterocycles. The van der Waals surface area contributed by atoms with E-state index in [0.717, 1.165) is 18.5 Å². The molecular weight excluding hydrogens is 284 g/mol. The molecule has 21 heavy (non-hydrogen) atoms. The minimum Gasteiger partial charge on any atom is -0.310 e. The zero-order valence-electron chi connectivity index (χ0n) is 13.0. The second-order valence-corrected chi connectivity index (χ2v) is 7.94. The van der Waals surface area contributed by atoms with Crippen LogP contribution in [0.2, 0.25) is 0 Å². The highest BCUT2D eigenvalue weighted by molar-refractivity contribution is 7.90. The van der Waals surface area contributed by atoms with Gasteiger partial charge in [-0.25, -0.2) is 8.42 Å². The van der Waals surface area contributed by atoms with Gasteiger partial charge < -0.3 is 10.2 Å². The standard InChI is InChI=1S/C16H26N2O2S/c1-14(17-10-5-13-18-11-3-4-12-18)15-6-8-16(9-7-15)21(2,19)20/h6-9,14,17H,3-5,10-13H2,1-2H3. The highest BCUT2D eigenvalue weighted by atomic mass is 32.2. The van der Waals surface area contributed by atoms with Gasteiger partial charge in [-0.2, -0.15) is 0 Å². The van der Waals surface area contributed by atoms with E-state index in [1.165, 1.54) is 38.7 Å². The van der Waals surface area contributed by atoms with E-state index in [0.29, 0.717) is 4.90 Å². The van der Waals surface area contributed by atoms with E-state index in [4.69, 9.17) is 0 Å². The lowest BCUT2D eigenvalue weighted by Crippen LogP contribution is -2.26. The molecule has 1 fully saturated rings. The van der Waals surface area contributed by atoms with Crippen molar-refractivity contribution in [2.75, 3.05) is 32.4 Å². The Bertz CT molecular complexity index is 534. The Morgan fingerprint density at radius 2 is 1.81 bits per heavy atom. The van der Waals surface area contributed by atoms with Gasteiger partial charge in [0.05, 0.1) is 4.90 Å². The molecule has 118 valence electrons. The molecule has 1 aliphatic rings. The first-order valence-electron chi connectivity index (χ1n) is 7.72. The van der Waals surface area contributed by atoms with Crippen LogP contribution in [0.25, 0.3) is 0 Å². The first-order valence-corrected chi connectivity index (χ1v) is 9.62. The van der Waals surface area contributed by atoms with Gasteiger partial charge in [-0.05, 0) is 70.1 Å². The van der Waals surface area contributed by atoms with Crippen LogP contribution in [0.1, 0.15) is 37.8 Å². The Hall–Kier alpha value is -0.910. The number of sulfone groups is 1. The summed E-state index contributed by atoms with van der Waals surface area (Å²) in [7, 11) is -3.10. The van der Waals surface area contributed by atoms with Crippen molar-refractivity contribution in [1.29, 1.82) is 0 Å². The van der Waals surface area contributed by atoms with Crippen LogP contribution in [-0.2, 0) is 9.84 Å². The van der Waals surface area contributed by atoms with Gasteiger partial charge in [-0.1, -0.05) is 12.1 Å². The van der Waals surface area contributed by atoms with Crippen LogP contribution in [0.15, 0.2) is 29.2 Å². The molecule has 0 spiro atoms. The molecule has 5 heteroatoms. The molecule has 1 aromatic carbocycles. The van der Waals surface area contributed by atoms with E-state index in [-0.39, 0.29) is 6.04 Å². The summed E-state index contributed by atoms with van der Waals surface area (Å²) >= 11 is 0. The lowest BCUT2D eigenvalue weighted by molar-refractivity contribution is 0.328. The first-order chi connectivity index (χ1) is 9.97. The van der Waals surface area contributed by atoms with Crippen molar-refractivity contribution in [2.24, 2.45) is 0 Å². The Labute approximate surface area is 128 Å². The highest BCUT2D eigenvalue weighted by Crippen LogP contribution is 2.16. The maximum atomic E-state index is 11.4. The summed E-state index contributed by atoms with van der Waals surface area (Å²) in [6.07, 6.45) is 5.08. The van der Waals surface area contributed by atoms with Crippen LogP contribution in [0.4, 0.5) is 0 Å². The number of nitrogens with zero attached hydrogens (tertiary/aromatic N) is 1. The normalized spacial score (nSPS) is 18.0. The topological polar surface area (TPSA) is 49.4 Å². The van der Waals surface area contributed by atoms with E-state index in [9.17, 15) is 8.42 Å². The third-order valence-corrected chi connectivity index (χ3v) is 5.24. The number of rotatable bonds is 7. The van der Waals surface area contributed by atoms with Gasteiger partial charge in [-0.3, -0.25) is 0 Å². The summed E-state index contributed by atoms with van der Waals surface area (Å²) in [5.74, 6) is 0. The van der Waals surface area contributed by atoms with Gasteiger partial charge in [0.2, 0.25) is 0 Å². The summed E-state index contributed by atoms with van der Waals surface area (Å²) < 4.78 is 22.9. The van der Waals surface area contributed by atoms with Crippen molar-refractivity contribution in [3.63, 3.8) is 0 Å². The zero-order chi connectivity index (χ0) is 15.3. The Morgan fingerprint density at radius 1 is 1.19 bits per heavy atom. The van der Waals surface area contributed by atoms with E-state index >= 15 is 0 Å². The molecule has 0 amide bonds. The molecule has 2 rings (SSSR count). The van der Waals surface area contributed by atoms with Crippen molar-refractivity contribution >= 4 is 9.84 Å². The van der Waals surface area contributed by atoms with Crippen LogP contribution in [0.3, 0.4) is 0 Å². The minimum atomic E-state index is -3.10. The van der Waals surface area contributed by atoms with Crippen LogP contribution in [0, 0.1) is 0 Å². The predicted octanol–water partition coefficient (Wildman–Crippen LogP) is 2.23. The molecule has 1 N–H and O–H groups in total. The predicted molar refractivity (Wildman–Crippen MR) is 86.3 cm³/mol. The lowest BCUT2D eigenvalue weighted by Gasteiger charge is -2.17. The van der Waals surface area contributed by atoms with E-state index in [1.54, 1.807) is 12.1 Å². The average molecular weight is 310 g/mol. The van der Waals surface area contributed by atoms with Crippen molar-refractivity contribution in [1.82, 2.24) is 10.2 Å². The molecule has 0 aliphatic carbocycles. The largest absolute Gasteiger partial charge is 0.310 e. The maximum Gasteiger partial charge on any atom is 0.175 e. The van der Waals surface area contributed by atoms with Crippen molar-refractivity contribution in [2.45, 2.75) is 37.1 Å². The Balaban J connectivity index is 1.76. The van der Waals surface area contributed by atoms with Crippen LogP contribution < -0.4 is 5.32 Å². The first kappa shape index (κ1) is 16.5. The average Bonchev–Trinajstić information content (AvgIpc) is 2.96. The molecule has 0 bridgehead atoms. The van der Waals surface area contributed by atoms with Crippen LogP contribution >= 0.6 is 0 Å². The number of hydrogen-bond acceptors (Lipinski definition) is 4. The van der Waals surface area contributed by atoms with Crippen molar-refractivity contribution < 1.29 is 8.42 Å². The van der Waals surface area contributed by atoms with Gasteiger partial charge in [0.1, 0.15) is 0 Å². The maximum absolute atomic E-state index is 11.4. The van der Waals surface area contributed by atoms with E-state index in [1.807, 2.05) is 12.1 Å². The van der Waals surface area contributed by atoms with Crippen molar-refractivity contribution in [3.8, 4) is 0 Å². The summed E-state index contributed by atoms with van der Waals surface area (Å²) in [5, 5.41) is 3.50. The number of hydrogen-bond donors (Lipinski definition) is 1. The van der Waals surface area contributed by atoms with Crippen molar-refractivity contribution in [3.05, 3.63) is 29.8 Å². The molecule has 0 radical (unpaired) electrons. The molecular formula is C16H26N2O2S. The third-order valence-electron chi connectivity index (χ3n) is 4.11. The second-order valence-electron chi connectivity index (χ2n) is 5.92. The zero-order valence-corrected chi connectivity index (χ0v) is 13.8. The second kappa shape index (κ2) is 7.38. The molecule has 1 aliphatic heterocycles. The fourth-order valence-electron chi connectivity index (χ4n) is 2.75. The van der Waals surface area contributed by atoms with Gasteiger partial charge in [-0.15, -0.1) is 0 Å². The fraction of sp³-hybridized carbons (Fsp3) is 0.625. The minimum absolute atomic E-state index is 0.247. The number of nitrogens with one attached hydrogen (secondary N) is 1. The molecule has 1 unspecified atom stereocenters. The molecule has 1 aromatic rings. The number of benzene rings is 1. The highest BCUT2D eigenvalue weighted by Gasteiger charge is 2.11.